The second-order valence-corrected chi connectivity index (χ2v) is 10.5. The monoisotopic (exact) mass is 419 g/mol. The Labute approximate surface area is 172 Å². The number of rotatable bonds is 6. The Morgan fingerprint density at radius 3 is 2.62 bits per heavy atom. The standard InChI is InChI=1S/C21H29N3O4S/c1-15-7-9-18(10-8-15)29(26,27)14-20-22-21(28-23-20)19-11-17(25)13-24(19)12-16-5-3-2-4-6-16/h7-10,16-17,19,25H,2-6,11-14H2,1H3. The van der Waals surface area contributed by atoms with Crippen LogP contribution in [0.3, 0.4) is 0 Å². The average Bonchev–Trinajstić information content (AvgIpc) is 3.28. The normalized spacial score (nSPS) is 24.2. The molecular formula is C21H29N3O4S. The molecule has 0 bridgehead atoms. The lowest BCUT2D eigenvalue weighted by molar-refractivity contribution is 0.147. The van der Waals surface area contributed by atoms with E-state index in [1.165, 1.54) is 32.1 Å². The smallest absolute Gasteiger partial charge is 0.244 e. The van der Waals surface area contributed by atoms with E-state index in [4.69, 9.17) is 4.52 Å². The molecule has 1 N–H and O–H groups in total. The molecule has 1 saturated carbocycles. The van der Waals surface area contributed by atoms with Crippen LogP contribution in [0, 0.1) is 12.8 Å². The molecule has 0 spiro atoms. The van der Waals surface area contributed by atoms with Gasteiger partial charge in [-0.05, 0) is 44.2 Å². The van der Waals surface area contributed by atoms with Gasteiger partial charge in [0, 0.05) is 13.1 Å². The zero-order valence-electron chi connectivity index (χ0n) is 16.8. The van der Waals surface area contributed by atoms with Gasteiger partial charge in [0.25, 0.3) is 0 Å². The highest BCUT2D eigenvalue weighted by Gasteiger charge is 2.37. The third kappa shape index (κ3) is 4.87. The van der Waals surface area contributed by atoms with Crippen LogP contribution in [0.2, 0.25) is 0 Å². The van der Waals surface area contributed by atoms with Crippen LogP contribution in [0.5, 0.6) is 0 Å². The van der Waals surface area contributed by atoms with Crippen molar-refractivity contribution in [3.63, 3.8) is 0 Å². The summed E-state index contributed by atoms with van der Waals surface area (Å²) in [5.74, 6) is 0.921. The molecule has 2 fully saturated rings. The maximum absolute atomic E-state index is 12.7. The number of aryl methyl sites for hydroxylation is 1. The number of likely N-dealkylation sites (tertiary alicyclic amines) is 1. The molecule has 1 saturated heterocycles. The van der Waals surface area contributed by atoms with Crippen molar-refractivity contribution in [1.82, 2.24) is 15.0 Å². The lowest BCUT2D eigenvalue weighted by Crippen LogP contribution is -2.31. The van der Waals surface area contributed by atoms with Gasteiger partial charge in [-0.25, -0.2) is 8.42 Å². The fraction of sp³-hybridized carbons (Fsp3) is 0.619. The van der Waals surface area contributed by atoms with E-state index in [1.807, 2.05) is 6.92 Å². The summed E-state index contributed by atoms with van der Waals surface area (Å²) in [6.07, 6.45) is 6.42. The van der Waals surface area contributed by atoms with E-state index in [2.05, 4.69) is 15.0 Å². The van der Waals surface area contributed by atoms with Crippen LogP contribution in [-0.2, 0) is 15.6 Å². The molecule has 29 heavy (non-hydrogen) atoms. The first-order valence-corrected chi connectivity index (χ1v) is 12.1. The van der Waals surface area contributed by atoms with Crippen LogP contribution in [0.1, 0.15) is 61.8 Å². The minimum absolute atomic E-state index is 0.143. The summed E-state index contributed by atoms with van der Waals surface area (Å²) >= 11 is 0. The van der Waals surface area contributed by atoms with E-state index in [0.717, 1.165) is 12.1 Å². The fourth-order valence-electron chi connectivity index (χ4n) is 4.50. The van der Waals surface area contributed by atoms with Crippen LogP contribution in [0.15, 0.2) is 33.7 Å². The first-order valence-electron chi connectivity index (χ1n) is 10.4. The van der Waals surface area contributed by atoms with Gasteiger partial charge in [-0.3, -0.25) is 4.90 Å². The summed E-state index contributed by atoms with van der Waals surface area (Å²) < 4.78 is 30.7. The van der Waals surface area contributed by atoms with E-state index < -0.39 is 15.9 Å². The van der Waals surface area contributed by atoms with E-state index >= 15 is 0 Å². The summed E-state index contributed by atoms with van der Waals surface area (Å²) in [7, 11) is -3.54. The van der Waals surface area contributed by atoms with Gasteiger partial charge in [-0.1, -0.05) is 42.1 Å². The summed E-state index contributed by atoms with van der Waals surface area (Å²) in [6.45, 7) is 3.43. The van der Waals surface area contributed by atoms with Gasteiger partial charge in [0.2, 0.25) is 5.89 Å². The third-order valence-electron chi connectivity index (χ3n) is 6.07. The highest BCUT2D eigenvalue weighted by molar-refractivity contribution is 7.90. The van der Waals surface area contributed by atoms with Gasteiger partial charge in [-0.15, -0.1) is 0 Å². The molecular weight excluding hydrogens is 390 g/mol. The average molecular weight is 420 g/mol. The topological polar surface area (TPSA) is 96.5 Å². The Bertz CT molecular complexity index is 920. The number of β-amino-alcohol motifs (C(OH)–C–C–N with tert-alkyl or cyclic N) is 1. The molecule has 0 radical (unpaired) electrons. The van der Waals surface area contributed by atoms with Crippen molar-refractivity contribution in [1.29, 1.82) is 0 Å². The second kappa shape index (κ2) is 8.53. The van der Waals surface area contributed by atoms with Gasteiger partial charge in [0.05, 0.1) is 17.0 Å². The predicted molar refractivity (Wildman–Crippen MR) is 108 cm³/mol. The van der Waals surface area contributed by atoms with Crippen molar-refractivity contribution in [3.05, 3.63) is 41.5 Å². The van der Waals surface area contributed by atoms with Crippen molar-refractivity contribution >= 4 is 9.84 Å². The van der Waals surface area contributed by atoms with Crippen molar-refractivity contribution in [2.24, 2.45) is 5.92 Å². The van der Waals surface area contributed by atoms with Crippen molar-refractivity contribution in [3.8, 4) is 0 Å². The summed E-state index contributed by atoms with van der Waals surface area (Å²) in [6, 6.07) is 6.61. The predicted octanol–water partition coefficient (Wildman–Crippen LogP) is 3.04. The van der Waals surface area contributed by atoms with Crippen LogP contribution >= 0.6 is 0 Å². The number of sulfone groups is 1. The Balaban J connectivity index is 1.46. The molecule has 2 atom stereocenters. The van der Waals surface area contributed by atoms with Crippen LogP contribution in [-0.4, -0.2) is 47.8 Å². The van der Waals surface area contributed by atoms with Gasteiger partial charge >= 0.3 is 0 Å². The molecule has 1 aliphatic carbocycles. The number of benzene rings is 1. The Hall–Kier alpha value is -1.77. The summed E-state index contributed by atoms with van der Waals surface area (Å²) in [4.78, 5) is 6.87. The largest absolute Gasteiger partial charge is 0.392 e. The maximum atomic E-state index is 12.7. The molecule has 158 valence electrons. The number of aliphatic hydroxyl groups excluding tert-OH is 1. The zero-order valence-corrected chi connectivity index (χ0v) is 17.6. The molecule has 0 amide bonds. The van der Waals surface area contributed by atoms with E-state index in [0.29, 0.717) is 24.8 Å². The minimum atomic E-state index is -3.54. The lowest BCUT2D eigenvalue weighted by atomic mass is 9.89. The van der Waals surface area contributed by atoms with Gasteiger partial charge in [-0.2, -0.15) is 4.98 Å². The minimum Gasteiger partial charge on any atom is -0.392 e. The van der Waals surface area contributed by atoms with E-state index in [9.17, 15) is 13.5 Å². The molecule has 2 aliphatic rings. The molecule has 7 nitrogen and oxygen atoms in total. The molecule has 2 aromatic rings. The van der Waals surface area contributed by atoms with Crippen molar-refractivity contribution in [2.75, 3.05) is 13.1 Å². The molecule has 2 unspecified atom stereocenters. The highest BCUT2D eigenvalue weighted by atomic mass is 32.2. The number of hydrogen-bond donors (Lipinski definition) is 1. The molecule has 8 heteroatoms. The molecule has 1 aromatic carbocycles. The molecule has 4 rings (SSSR count). The Morgan fingerprint density at radius 1 is 1.17 bits per heavy atom. The molecule has 2 heterocycles. The van der Waals surface area contributed by atoms with E-state index in [-0.39, 0.29) is 22.5 Å². The third-order valence-corrected chi connectivity index (χ3v) is 7.70. The lowest BCUT2D eigenvalue weighted by Gasteiger charge is -2.29. The Morgan fingerprint density at radius 2 is 1.90 bits per heavy atom. The maximum Gasteiger partial charge on any atom is 0.244 e. The number of hydrogen-bond acceptors (Lipinski definition) is 7. The summed E-state index contributed by atoms with van der Waals surface area (Å²) in [5.41, 5.74) is 1.00. The first-order chi connectivity index (χ1) is 13.9. The summed E-state index contributed by atoms with van der Waals surface area (Å²) in [5, 5.41) is 14.1. The van der Waals surface area contributed by atoms with Crippen LogP contribution in [0.4, 0.5) is 0 Å². The van der Waals surface area contributed by atoms with Gasteiger partial charge < -0.3 is 9.63 Å². The quantitative estimate of drug-likeness (QED) is 0.769. The van der Waals surface area contributed by atoms with Gasteiger partial charge in [0.15, 0.2) is 15.7 Å². The molecule has 1 aliphatic heterocycles. The first kappa shape index (κ1) is 20.5. The second-order valence-electron chi connectivity index (χ2n) is 8.48. The Kier molecular flexibility index (Phi) is 6.03. The number of nitrogens with zero attached hydrogens (tertiary/aromatic N) is 3. The van der Waals surface area contributed by atoms with E-state index in [1.54, 1.807) is 24.3 Å². The number of aliphatic hydroxyl groups is 1. The highest BCUT2D eigenvalue weighted by Crippen LogP contribution is 2.34. The molecule has 1 aromatic heterocycles. The number of aromatic nitrogens is 2. The van der Waals surface area contributed by atoms with Gasteiger partial charge in [0.1, 0.15) is 5.75 Å². The zero-order chi connectivity index (χ0) is 20.4. The van der Waals surface area contributed by atoms with Crippen LogP contribution in [0.25, 0.3) is 0 Å². The van der Waals surface area contributed by atoms with Crippen LogP contribution < -0.4 is 0 Å². The van der Waals surface area contributed by atoms with Crippen molar-refractivity contribution in [2.45, 2.75) is 68.2 Å². The SMILES string of the molecule is Cc1ccc(S(=O)(=O)Cc2noc(C3CC(O)CN3CC3CCCCC3)n2)cc1. The van der Waals surface area contributed by atoms with Crippen molar-refractivity contribution < 1.29 is 18.0 Å². The fourth-order valence-corrected chi connectivity index (χ4v) is 5.67.